The van der Waals surface area contributed by atoms with Crippen molar-refractivity contribution in [1.82, 2.24) is 0 Å². The summed E-state index contributed by atoms with van der Waals surface area (Å²) in [5.74, 6) is -0.975. The van der Waals surface area contributed by atoms with Gasteiger partial charge in [-0.1, -0.05) is 23.2 Å². The Kier molecular flexibility index (Phi) is 4.22. The lowest BCUT2D eigenvalue weighted by Gasteiger charge is -2.11. The van der Waals surface area contributed by atoms with Crippen LogP contribution in [0.1, 0.15) is 17.2 Å². The zero-order valence-electron chi connectivity index (χ0n) is 9.09. The molecule has 1 aromatic carbocycles. The summed E-state index contributed by atoms with van der Waals surface area (Å²) in [6.07, 6.45) is 0.163. The second-order valence-corrected chi connectivity index (χ2v) is 6.11. The monoisotopic (exact) mass is 307 g/mol. The normalized spacial score (nSPS) is 12.7. The summed E-state index contributed by atoms with van der Waals surface area (Å²) >= 11 is 13.0. The molecule has 1 atom stereocenters. The largest absolute Gasteiger partial charge is 0.324 e. The van der Waals surface area contributed by atoms with Crippen molar-refractivity contribution in [3.63, 3.8) is 0 Å². The molecular formula is C12H9Cl2F2NS. The van der Waals surface area contributed by atoms with Crippen LogP contribution in [0, 0.1) is 11.6 Å². The summed E-state index contributed by atoms with van der Waals surface area (Å²) in [6.45, 7) is 0. The molecule has 6 heteroatoms. The first-order valence-electron chi connectivity index (χ1n) is 5.11. The van der Waals surface area contributed by atoms with Crippen molar-refractivity contribution in [2.75, 3.05) is 0 Å². The molecule has 1 heterocycles. The van der Waals surface area contributed by atoms with Crippen molar-refractivity contribution in [2.24, 2.45) is 5.73 Å². The average molecular weight is 308 g/mol. The highest BCUT2D eigenvalue weighted by molar-refractivity contribution is 7.20. The molecule has 0 bridgehead atoms. The molecule has 1 unspecified atom stereocenters. The van der Waals surface area contributed by atoms with Gasteiger partial charge in [0.05, 0.1) is 8.67 Å². The molecule has 0 amide bonds. The van der Waals surface area contributed by atoms with E-state index in [0.29, 0.717) is 14.2 Å². The van der Waals surface area contributed by atoms with Gasteiger partial charge in [-0.25, -0.2) is 8.78 Å². The number of nitrogens with two attached hydrogens (primary N) is 1. The standard InChI is InChI=1S/C12H9Cl2F2NS/c13-11-5-8(12(14)18-11)10(17)4-6-3-7(15)1-2-9(6)16/h1-3,5,10H,4,17H2. The van der Waals surface area contributed by atoms with Gasteiger partial charge in [-0.15, -0.1) is 11.3 Å². The van der Waals surface area contributed by atoms with Gasteiger partial charge < -0.3 is 5.73 Å². The van der Waals surface area contributed by atoms with Gasteiger partial charge in [0.1, 0.15) is 11.6 Å². The third kappa shape index (κ3) is 3.01. The van der Waals surface area contributed by atoms with Gasteiger partial charge in [0.15, 0.2) is 0 Å². The summed E-state index contributed by atoms with van der Waals surface area (Å²) in [4.78, 5) is 0. The molecule has 0 spiro atoms. The number of benzene rings is 1. The molecule has 1 aromatic heterocycles. The molecule has 18 heavy (non-hydrogen) atoms. The van der Waals surface area contributed by atoms with Gasteiger partial charge in [-0.2, -0.15) is 0 Å². The molecule has 2 rings (SSSR count). The highest BCUT2D eigenvalue weighted by Crippen LogP contribution is 2.35. The summed E-state index contributed by atoms with van der Waals surface area (Å²) in [5.41, 5.74) is 6.81. The Hall–Kier alpha value is -0.680. The fraction of sp³-hybridized carbons (Fsp3) is 0.167. The average Bonchev–Trinajstić information content (AvgIpc) is 2.63. The molecule has 0 radical (unpaired) electrons. The first-order chi connectivity index (χ1) is 8.47. The third-order valence-corrected chi connectivity index (χ3v) is 4.05. The summed E-state index contributed by atoms with van der Waals surface area (Å²) in [7, 11) is 0. The molecule has 0 saturated carbocycles. The van der Waals surface area contributed by atoms with E-state index >= 15 is 0 Å². The van der Waals surface area contributed by atoms with E-state index in [1.807, 2.05) is 0 Å². The Balaban J connectivity index is 2.23. The van der Waals surface area contributed by atoms with E-state index in [0.717, 1.165) is 18.2 Å². The molecule has 0 aliphatic carbocycles. The lowest BCUT2D eigenvalue weighted by atomic mass is 10.0. The zero-order valence-corrected chi connectivity index (χ0v) is 11.4. The first kappa shape index (κ1) is 13.7. The lowest BCUT2D eigenvalue weighted by molar-refractivity contribution is 0.573. The smallest absolute Gasteiger partial charge is 0.126 e. The van der Waals surface area contributed by atoms with Gasteiger partial charge in [-0.3, -0.25) is 0 Å². The minimum Gasteiger partial charge on any atom is -0.324 e. The highest BCUT2D eigenvalue weighted by atomic mass is 35.5. The van der Waals surface area contributed by atoms with Crippen LogP contribution >= 0.6 is 34.5 Å². The number of rotatable bonds is 3. The summed E-state index contributed by atoms with van der Waals surface area (Å²) in [5, 5.41) is 0. The van der Waals surface area contributed by atoms with Crippen molar-refractivity contribution in [1.29, 1.82) is 0 Å². The van der Waals surface area contributed by atoms with E-state index in [9.17, 15) is 8.78 Å². The summed E-state index contributed by atoms with van der Waals surface area (Å²) < 4.78 is 27.5. The van der Waals surface area contributed by atoms with Crippen molar-refractivity contribution in [3.05, 3.63) is 55.7 Å². The maximum Gasteiger partial charge on any atom is 0.126 e. The number of hydrogen-bond donors (Lipinski definition) is 1. The van der Waals surface area contributed by atoms with Crippen molar-refractivity contribution < 1.29 is 8.78 Å². The maximum atomic E-state index is 13.5. The van der Waals surface area contributed by atoms with E-state index < -0.39 is 17.7 Å². The fourth-order valence-electron chi connectivity index (χ4n) is 1.65. The summed E-state index contributed by atoms with van der Waals surface area (Å²) in [6, 6.07) is 4.42. The number of halogens is 4. The minimum atomic E-state index is -0.516. The Morgan fingerprint density at radius 3 is 2.56 bits per heavy atom. The van der Waals surface area contributed by atoms with Crippen LogP contribution in [0.4, 0.5) is 8.78 Å². The van der Waals surface area contributed by atoms with E-state index in [-0.39, 0.29) is 12.0 Å². The van der Waals surface area contributed by atoms with Crippen LogP contribution in [0.25, 0.3) is 0 Å². The molecule has 0 saturated heterocycles. The SMILES string of the molecule is NC(Cc1cc(F)ccc1F)c1cc(Cl)sc1Cl. The Labute approximate surface area is 117 Å². The molecule has 96 valence electrons. The van der Waals surface area contributed by atoms with Crippen molar-refractivity contribution in [3.8, 4) is 0 Å². The van der Waals surface area contributed by atoms with E-state index in [1.165, 1.54) is 11.3 Å². The van der Waals surface area contributed by atoms with Gasteiger partial charge in [0.25, 0.3) is 0 Å². The molecule has 0 aliphatic rings. The van der Waals surface area contributed by atoms with E-state index in [1.54, 1.807) is 6.07 Å². The van der Waals surface area contributed by atoms with Crippen LogP contribution in [0.5, 0.6) is 0 Å². The second kappa shape index (κ2) is 5.53. The van der Waals surface area contributed by atoms with Crippen LogP contribution in [-0.4, -0.2) is 0 Å². The van der Waals surface area contributed by atoms with Gasteiger partial charge >= 0.3 is 0 Å². The van der Waals surface area contributed by atoms with Crippen molar-refractivity contribution in [2.45, 2.75) is 12.5 Å². The number of thiophene rings is 1. The fourth-order valence-corrected chi connectivity index (χ4v) is 3.25. The highest BCUT2D eigenvalue weighted by Gasteiger charge is 2.16. The molecule has 0 fully saturated rings. The van der Waals surface area contributed by atoms with Crippen molar-refractivity contribution >= 4 is 34.5 Å². The van der Waals surface area contributed by atoms with Crippen LogP contribution in [0.3, 0.4) is 0 Å². The Morgan fingerprint density at radius 2 is 1.94 bits per heavy atom. The minimum absolute atomic E-state index is 0.163. The lowest BCUT2D eigenvalue weighted by Crippen LogP contribution is -2.14. The van der Waals surface area contributed by atoms with Crippen LogP contribution in [0.15, 0.2) is 24.3 Å². The second-order valence-electron chi connectivity index (χ2n) is 3.83. The molecule has 1 nitrogen and oxygen atoms in total. The van der Waals surface area contributed by atoms with E-state index in [4.69, 9.17) is 28.9 Å². The Bertz CT molecular complexity index is 571. The van der Waals surface area contributed by atoms with E-state index in [2.05, 4.69) is 0 Å². The quantitative estimate of drug-likeness (QED) is 0.882. The van der Waals surface area contributed by atoms with Crippen LogP contribution < -0.4 is 5.73 Å². The zero-order chi connectivity index (χ0) is 13.3. The molecule has 0 aliphatic heterocycles. The first-order valence-corrected chi connectivity index (χ1v) is 6.69. The van der Waals surface area contributed by atoms with Gasteiger partial charge in [-0.05, 0) is 36.2 Å². The molecule has 2 N–H and O–H groups in total. The predicted molar refractivity (Wildman–Crippen MR) is 71.3 cm³/mol. The third-order valence-electron chi connectivity index (χ3n) is 2.53. The Morgan fingerprint density at radius 1 is 1.22 bits per heavy atom. The predicted octanol–water partition coefficient (Wildman–Crippen LogP) is 4.58. The molecule has 2 aromatic rings. The maximum absolute atomic E-state index is 13.5. The number of hydrogen-bond acceptors (Lipinski definition) is 2. The van der Waals surface area contributed by atoms with Crippen LogP contribution in [0.2, 0.25) is 8.67 Å². The van der Waals surface area contributed by atoms with Crippen LogP contribution in [-0.2, 0) is 6.42 Å². The van der Waals surface area contributed by atoms with Gasteiger partial charge in [0.2, 0.25) is 0 Å². The topological polar surface area (TPSA) is 26.0 Å². The molecular weight excluding hydrogens is 299 g/mol. The van der Waals surface area contributed by atoms with Gasteiger partial charge in [0, 0.05) is 11.6 Å².